The van der Waals surface area contributed by atoms with Crippen LogP contribution in [-0.2, 0) is 24.8 Å². The zero-order chi connectivity index (χ0) is 45.3. The molecule has 0 aromatic heterocycles. The highest BCUT2D eigenvalue weighted by atomic mass is 35.5. The Hall–Kier alpha value is -3.04. The number of carbonyl (C=O) groups excluding carboxylic acids is 1. The quantitative estimate of drug-likeness (QED) is 0.0573. The summed E-state index contributed by atoms with van der Waals surface area (Å²) in [5, 5.41) is 12.2. The summed E-state index contributed by atoms with van der Waals surface area (Å²) >= 11 is 13.6. The fraction of sp³-hybridized carbons (Fsp3) is 0.565. The van der Waals surface area contributed by atoms with Gasteiger partial charge in [0.25, 0.3) is 5.91 Å². The molecule has 0 atom stereocenters. The Kier molecular flexibility index (Phi) is 21.7. The molecule has 0 bridgehead atoms. The highest BCUT2D eigenvalue weighted by molar-refractivity contribution is 7.89. The van der Waals surface area contributed by atoms with Crippen molar-refractivity contribution in [3.8, 4) is 0 Å². The molecule has 0 saturated carbocycles. The first-order valence-electron chi connectivity index (χ1n) is 21.8. The lowest BCUT2D eigenvalue weighted by Crippen LogP contribution is -2.33. The van der Waals surface area contributed by atoms with Crippen molar-refractivity contribution in [2.45, 2.75) is 135 Å². The van der Waals surface area contributed by atoms with E-state index in [1.165, 1.54) is 39.1 Å². The molecule has 11 nitrogen and oxygen atoms in total. The van der Waals surface area contributed by atoms with Crippen LogP contribution in [0.3, 0.4) is 0 Å². The van der Waals surface area contributed by atoms with Crippen LogP contribution in [-0.4, -0.2) is 89.1 Å². The molecule has 0 aliphatic heterocycles. The van der Waals surface area contributed by atoms with Crippen molar-refractivity contribution in [1.29, 1.82) is 0 Å². The van der Waals surface area contributed by atoms with Crippen LogP contribution in [0.5, 0.6) is 0 Å². The Bertz CT molecular complexity index is 2120. The minimum Gasteiger partial charge on any atom is -0.396 e. The first-order valence-corrected chi connectivity index (χ1v) is 25.5. The number of carbonyl (C=O) groups is 1. The molecule has 15 heteroatoms. The standard InChI is InChI=1S/C46H69Cl2N5O6S2/c1-9-12-14-16-18-20-26-53(27-21-19-17-15-13-10-2)61(58,59)43-31-35(5)42(30-36(43)6)50-46(55)45(44-39(47)32-38(33-40(44)48)60(56,57)51(7)8)49-41-24-23-37(29-34(41)4)52(11-3)25-22-28-54/h23-24,29-33,54H,9-22,25-28H2,1-8H3,(H,50,55). The van der Waals surface area contributed by atoms with Gasteiger partial charge in [-0.25, -0.2) is 26.1 Å². The molecular weight excluding hydrogens is 854 g/mol. The molecule has 61 heavy (non-hydrogen) atoms. The first-order chi connectivity index (χ1) is 28.9. The van der Waals surface area contributed by atoms with Crippen LogP contribution in [0.1, 0.15) is 126 Å². The monoisotopic (exact) mass is 921 g/mol. The van der Waals surface area contributed by atoms with E-state index < -0.39 is 26.0 Å². The van der Waals surface area contributed by atoms with Crippen molar-refractivity contribution in [2.24, 2.45) is 4.99 Å². The lowest BCUT2D eigenvalue weighted by atomic mass is 10.1. The average molecular weight is 923 g/mol. The van der Waals surface area contributed by atoms with Gasteiger partial charge >= 0.3 is 0 Å². The lowest BCUT2D eigenvalue weighted by molar-refractivity contribution is -0.110. The molecule has 0 aliphatic carbocycles. The molecular formula is C46H69Cl2N5O6S2. The highest BCUT2D eigenvalue weighted by Crippen LogP contribution is 2.34. The van der Waals surface area contributed by atoms with Gasteiger partial charge in [0.2, 0.25) is 20.0 Å². The molecule has 0 spiro atoms. The number of nitrogens with one attached hydrogen (secondary N) is 1. The second-order valence-electron chi connectivity index (χ2n) is 16.0. The highest BCUT2D eigenvalue weighted by Gasteiger charge is 2.29. The van der Waals surface area contributed by atoms with Gasteiger partial charge < -0.3 is 15.3 Å². The first kappa shape index (κ1) is 52.3. The van der Waals surface area contributed by atoms with Gasteiger partial charge in [-0.3, -0.25) is 4.79 Å². The largest absolute Gasteiger partial charge is 0.396 e. The second-order valence-corrected chi connectivity index (χ2v) is 20.8. The maximum absolute atomic E-state index is 14.5. The minimum absolute atomic E-state index is 0.0359. The number of aliphatic hydroxyl groups excluding tert-OH is 1. The third-order valence-electron chi connectivity index (χ3n) is 10.9. The molecule has 0 radical (unpaired) electrons. The number of hydrogen-bond acceptors (Lipinski definition) is 8. The number of aryl methyl sites for hydroxylation is 3. The molecule has 2 N–H and O–H groups in total. The zero-order valence-corrected chi connectivity index (χ0v) is 40.8. The average Bonchev–Trinajstić information content (AvgIpc) is 3.20. The van der Waals surface area contributed by atoms with Crippen molar-refractivity contribution in [1.82, 2.24) is 8.61 Å². The molecule has 0 aliphatic rings. The molecule has 0 unspecified atom stereocenters. The lowest BCUT2D eigenvalue weighted by Gasteiger charge is -2.24. The number of aliphatic imine (C=N–C) groups is 1. The van der Waals surface area contributed by atoms with Crippen LogP contribution in [0.4, 0.5) is 17.1 Å². The summed E-state index contributed by atoms with van der Waals surface area (Å²) in [7, 11) is -4.99. The number of amides is 1. The van der Waals surface area contributed by atoms with E-state index in [1.807, 2.05) is 26.0 Å². The number of benzene rings is 3. The third kappa shape index (κ3) is 14.8. The molecule has 3 aromatic rings. The smallest absolute Gasteiger partial charge is 0.275 e. The summed E-state index contributed by atoms with van der Waals surface area (Å²) in [6.45, 7) is 14.1. The Labute approximate surface area is 377 Å². The fourth-order valence-corrected chi connectivity index (χ4v) is 10.7. The maximum atomic E-state index is 14.5. The van der Waals surface area contributed by atoms with Crippen LogP contribution in [0.25, 0.3) is 0 Å². The number of unbranched alkanes of at least 4 members (excludes halogenated alkanes) is 10. The van der Waals surface area contributed by atoms with Crippen LogP contribution in [0.2, 0.25) is 10.0 Å². The Morgan fingerprint density at radius 3 is 1.75 bits per heavy atom. The minimum atomic E-state index is -3.92. The van der Waals surface area contributed by atoms with Gasteiger partial charge in [-0.2, -0.15) is 4.31 Å². The molecule has 3 rings (SSSR count). The number of rotatable bonds is 27. The maximum Gasteiger partial charge on any atom is 0.275 e. The number of nitrogens with zero attached hydrogens (tertiary/aromatic N) is 4. The molecule has 3 aromatic carbocycles. The van der Waals surface area contributed by atoms with Gasteiger partial charge in [0.05, 0.1) is 25.5 Å². The summed E-state index contributed by atoms with van der Waals surface area (Å²) in [6.07, 6.45) is 13.3. The van der Waals surface area contributed by atoms with E-state index in [9.17, 15) is 26.7 Å². The summed E-state index contributed by atoms with van der Waals surface area (Å²) in [6, 6.07) is 11.4. The number of aliphatic hydroxyl groups is 1. The Balaban J connectivity index is 2.07. The van der Waals surface area contributed by atoms with E-state index in [-0.39, 0.29) is 37.7 Å². The van der Waals surface area contributed by atoms with Crippen molar-refractivity contribution in [3.63, 3.8) is 0 Å². The SMILES string of the molecule is CCCCCCCCN(CCCCCCCC)S(=O)(=O)c1cc(C)c(NC(=O)C(=Nc2ccc(N(CC)CCCO)cc2C)c2c(Cl)cc(S(=O)(=O)N(C)C)cc2Cl)cc1C. The summed E-state index contributed by atoms with van der Waals surface area (Å²) in [5.41, 5.74) is 3.39. The van der Waals surface area contributed by atoms with Gasteiger partial charge in [-0.1, -0.05) is 101 Å². The van der Waals surface area contributed by atoms with E-state index in [1.54, 1.807) is 36.4 Å². The van der Waals surface area contributed by atoms with Crippen molar-refractivity contribution in [3.05, 3.63) is 74.8 Å². The molecule has 0 heterocycles. The van der Waals surface area contributed by atoms with Crippen LogP contribution in [0, 0.1) is 20.8 Å². The van der Waals surface area contributed by atoms with Gasteiger partial charge in [0.1, 0.15) is 5.71 Å². The van der Waals surface area contributed by atoms with E-state index in [0.717, 1.165) is 86.3 Å². The fourth-order valence-electron chi connectivity index (χ4n) is 7.18. The van der Waals surface area contributed by atoms with Crippen molar-refractivity contribution in [2.75, 3.05) is 57.1 Å². The Morgan fingerprint density at radius 1 is 0.689 bits per heavy atom. The predicted octanol–water partition coefficient (Wildman–Crippen LogP) is 10.8. The van der Waals surface area contributed by atoms with E-state index in [0.29, 0.717) is 48.6 Å². The Morgan fingerprint density at radius 2 is 1.25 bits per heavy atom. The van der Waals surface area contributed by atoms with E-state index >= 15 is 0 Å². The summed E-state index contributed by atoms with van der Waals surface area (Å²) in [4.78, 5) is 21.5. The summed E-state index contributed by atoms with van der Waals surface area (Å²) in [5.74, 6) is -0.681. The van der Waals surface area contributed by atoms with Crippen molar-refractivity contribution >= 4 is 71.9 Å². The van der Waals surface area contributed by atoms with Crippen LogP contribution >= 0.6 is 23.2 Å². The zero-order valence-electron chi connectivity index (χ0n) is 37.6. The predicted molar refractivity (Wildman–Crippen MR) is 254 cm³/mol. The van der Waals surface area contributed by atoms with Gasteiger partial charge in [-0.15, -0.1) is 0 Å². The van der Waals surface area contributed by atoms with Gasteiger partial charge in [0, 0.05) is 63.8 Å². The van der Waals surface area contributed by atoms with Crippen LogP contribution < -0.4 is 10.2 Å². The van der Waals surface area contributed by atoms with E-state index in [2.05, 4.69) is 24.1 Å². The number of anilines is 2. The van der Waals surface area contributed by atoms with Gasteiger partial charge in [-0.05, 0) is 106 Å². The van der Waals surface area contributed by atoms with E-state index in [4.69, 9.17) is 28.2 Å². The molecule has 0 fully saturated rings. The number of sulfonamides is 2. The van der Waals surface area contributed by atoms with Crippen LogP contribution in [0.15, 0.2) is 57.2 Å². The van der Waals surface area contributed by atoms with Crippen molar-refractivity contribution < 1.29 is 26.7 Å². The molecule has 0 saturated heterocycles. The summed E-state index contributed by atoms with van der Waals surface area (Å²) < 4.78 is 57.5. The molecule has 1 amide bonds. The third-order valence-corrected chi connectivity index (χ3v) is 15.3. The normalized spacial score (nSPS) is 12.4. The molecule has 340 valence electrons. The number of hydrogen-bond donors (Lipinski definition) is 2. The second kappa shape index (κ2) is 25.3. The van der Waals surface area contributed by atoms with Gasteiger partial charge in [0.15, 0.2) is 0 Å². The number of halogens is 2. The topological polar surface area (TPSA) is 140 Å².